The van der Waals surface area contributed by atoms with Crippen molar-refractivity contribution in [3.8, 4) is 0 Å². The van der Waals surface area contributed by atoms with Gasteiger partial charge in [0.05, 0.1) is 5.71 Å². The molecule has 1 heterocycles. The number of urea groups is 1. The molecule has 5 heteroatoms. The van der Waals surface area contributed by atoms with Gasteiger partial charge in [0.2, 0.25) is 0 Å². The van der Waals surface area contributed by atoms with Crippen LogP contribution in [0.1, 0.15) is 23.9 Å². The Morgan fingerprint density at radius 3 is 2.64 bits per heavy atom. The Morgan fingerprint density at radius 1 is 1.57 bits per heavy atom. The SMILES string of the molecule is C/C(=N/NC(N)=O)c1cc(C)[nH]c1C. The molecular weight excluding hydrogens is 180 g/mol. The fourth-order valence-corrected chi connectivity index (χ4v) is 1.30. The third-order valence-electron chi connectivity index (χ3n) is 1.87. The lowest BCUT2D eigenvalue weighted by atomic mass is 10.2. The van der Waals surface area contributed by atoms with Crippen molar-refractivity contribution in [3.63, 3.8) is 0 Å². The minimum Gasteiger partial charge on any atom is -0.362 e. The number of hydrogen-bond acceptors (Lipinski definition) is 2. The number of nitrogens with two attached hydrogens (primary N) is 1. The lowest BCUT2D eigenvalue weighted by Crippen LogP contribution is -2.25. The van der Waals surface area contributed by atoms with Gasteiger partial charge >= 0.3 is 6.03 Å². The zero-order chi connectivity index (χ0) is 10.7. The van der Waals surface area contributed by atoms with Crippen LogP contribution in [0.15, 0.2) is 11.2 Å². The van der Waals surface area contributed by atoms with E-state index < -0.39 is 6.03 Å². The fourth-order valence-electron chi connectivity index (χ4n) is 1.30. The van der Waals surface area contributed by atoms with Gasteiger partial charge in [0, 0.05) is 17.0 Å². The standard InChI is InChI=1S/C9H14N4O/c1-5-4-8(6(2)11-5)7(3)12-13-9(10)14/h4,11H,1-3H3,(H3,10,13,14)/b12-7-. The molecule has 0 saturated heterocycles. The number of carbonyl (C=O) groups excluding carboxylic acids is 1. The molecule has 5 nitrogen and oxygen atoms in total. The number of hydrazone groups is 1. The number of rotatable bonds is 2. The van der Waals surface area contributed by atoms with E-state index in [1.54, 1.807) is 0 Å². The molecule has 14 heavy (non-hydrogen) atoms. The zero-order valence-corrected chi connectivity index (χ0v) is 8.51. The summed E-state index contributed by atoms with van der Waals surface area (Å²) in [6.45, 7) is 5.72. The minimum atomic E-state index is -0.658. The maximum Gasteiger partial charge on any atom is 0.332 e. The van der Waals surface area contributed by atoms with Gasteiger partial charge in [-0.15, -0.1) is 0 Å². The van der Waals surface area contributed by atoms with E-state index in [-0.39, 0.29) is 0 Å². The molecule has 0 radical (unpaired) electrons. The highest BCUT2D eigenvalue weighted by Gasteiger charge is 2.04. The van der Waals surface area contributed by atoms with Crippen molar-refractivity contribution in [3.05, 3.63) is 23.0 Å². The number of H-pyrrole nitrogens is 1. The number of aromatic nitrogens is 1. The molecule has 76 valence electrons. The van der Waals surface area contributed by atoms with Crippen LogP contribution in [0.4, 0.5) is 4.79 Å². The van der Waals surface area contributed by atoms with Crippen LogP contribution in [-0.2, 0) is 0 Å². The quantitative estimate of drug-likeness (QED) is 0.476. The number of amides is 2. The second-order valence-electron chi connectivity index (χ2n) is 3.16. The number of carbonyl (C=O) groups is 1. The van der Waals surface area contributed by atoms with Crippen molar-refractivity contribution in [2.75, 3.05) is 0 Å². The van der Waals surface area contributed by atoms with E-state index in [2.05, 4.69) is 15.5 Å². The van der Waals surface area contributed by atoms with E-state index >= 15 is 0 Å². The lowest BCUT2D eigenvalue weighted by molar-refractivity contribution is 0.249. The van der Waals surface area contributed by atoms with E-state index in [0.29, 0.717) is 0 Å². The summed E-state index contributed by atoms with van der Waals surface area (Å²) in [5.41, 5.74) is 10.9. The molecule has 0 aliphatic carbocycles. The molecule has 4 N–H and O–H groups in total. The van der Waals surface area contributed by atoms with Crippen molar-refractivity contribution in [1.82, 2.24) is 10.4 Å². The normalized spacial score (nSPS) is 11.5. The molecule has 1 aromatic heterocycles. The molecule has 0 saturated carbocycles. The Kier molecular flexibility index (Phi) is 2.91. The zero-order valence-electron chi connectivity index (χ0n) is 8.51. The van der Waals surface area contributed by atoms with Gasteiger partial charge in [0.15, 0.2) is 0 Å². The van der Waals surface area contributed by atoms with Gasteiger partial charge in [-0.05, 0) is 26.8 Å². The van der Waals surface area contributed by atoms with E-state index in [9.17, 15) is 4.79 Å². The van der Waals surface area contributed by atoms with Crippen molar-refractivity contribution < 1.29 is 4.79 Å². The Balaban J connectivity index is 2.88. The second-order valence-corrected chi connectivity index (χ2v) is 3.16. The van der Waals surface area contributed by atoms with Crippen LogP contribution in [0.25, 0.3) is 0 Å². The van der Waals surface area contributed by atoms with Gasteiger partial charge in [-0.3, -0.25) is 0 Å². The Hall–Kier alpha value is -1.78. The highest BCUT2D eigenvalue weighted by atomic mass is 16.2. The van der Waals surface area contributed by atoms with Gasteiger partial charge in [-0.2, -0.15) is 5.10 Å². The Bertz CT molecular complexity index is 378. The van der Waals surface area contributed by atoms with Gasteiger partial charge in [-0.25, -0.2) is 10.2 Å². The second kappa shape index (κ2) is 3.95. The molecule has 0 atom stereocenters. The Morgan fingerprint density at radius 2 is 2.21 bits per heavy atom. The van der Waals surface area contributed by atoms with Gasteiger partial charge in [-0.1, -0.05) is 0 Å². The molecule has 0 aromatic carbocycles. The highest BCUT2D eigenvalue weighted by Crippen LogP contribution is 2.09. The summed E-state index contributed by atoms with van der Waals surface area (Å²) < 4.78 is 0. The van der Waals surface area contributed by atoms with Gasteiger partial charge in [0.1, 0.15) is 0 Å². The maximum atomic E-state index is 10.4. The summed E-state index contributed by atoms with van der Waals surface area (Å²) in [7, 11) is 0. The summed E-state index contributed by atoms with van der Waals surface area (Å²) in [5, 5.41) is 3.84. The van der Waals surface area contributed by atoms with Crippen LogP contribution in [-0.4, -0.2) is 16.7 Å². The number of nitrogens with one attached hydrogen (secondary N) is 2. The average Bonchev–Trinajstić information content (AvgIpc) is 2.41. The number of aromatic amines is 1. The molecular formula is C9H14N4O. The van der Waals surface area contributed by atoms with Gasteiger partial charge < -0.3 is 10.7 Å². The molecule has 1 aromatic rings. The highest BCUT2D eigenvalue weighted by molar-refractivity contribution is 6.00. The van der Waals surface area contributed by atoms with E-state index in [1.165, 1.54) is 0 Å². The molecule has 0 fully saturated rings. The first-order valence-electron chi connectivity index (χ1n) is 4.27. The third-order valence-corrected chi connectivity index (χ3v) is 1.87. The lowest BCUT2D eigenvalue weighted by Gasteiger charge is -1.98. The van der Waals surface area contributed by atoms with Crippen LogP contribution < -0.4 is 11.2 Å². The summed E-state index contributed by atoms with van der Waals surface area (Å²) >= 11 is 0. The number of primary amides is 1. The number of nitrogens with zero attached hydrogens (tertiary/aromatic N) is 1. The average molecular weight is 194 g/mol. The maximum absolute atomic E-state index is 10.4. The van der Waals surface area contributed by atoms with E-state index in [1.807, 2.05) is 26.8 Å². The van der Waals surface area contributed by atoms with Crippen molar-refractivity contribution in [1.29, 1.82) is 0 Å². The van der Waals surface area contributed by atoms with Crippen LogP contribution in [0.2, 0.25) is 0 Å². The molecule has 0 spiro atoms. The number of aryl methyl sites for hydroxylation is 2. The minimum absolute atomic E-state index is 0.658. The summed E-state index contributed by atoms with van der Waals surface area (Å²) in [6, 6.07) is 1.31. The van der Waals surface area contributed by atoms with Gasteiger partial charge in [0.25, 0.3) is 0 Å². The molecule has 1 rings (SSSR count). The monoisotopic (exact) mass is 194 g/mol. The first kappa shape index (κ1) is 10.3. The summed E-state index contributed by atoms with van der Waals surface area (Å²) in [6.07, 6.45) is 0. The van der Waals surface area contributed by atoms with Crippen molar-refractivity contribution in [2.24, 2.45) is 10.8 Å². The smallest absolute Gasteiger partial charge is 0.332 e. The largest absolute Gasteiger partial charge is 0.362 e. The third kappa shape index (κ3) is 2.35. The molecule has 0 aliphatic rings. The fraction of sp³-hybridized carbons (Fsp3) is 0.333. The van der Waals surface area contributed by atoms with Crippen molar-refractivity contribution >= 4 is 11.7 Å². The van der Waals surface area contributed by atoms with Crippen molar-refractivity contribution in [2.45, 2.75) is 20.8 Å². The van der Waals surface area contributed by atoms with Crippen LogP contribution in [0, 0.1) is 13.8 Å². The molecule has 2 amide bonds. The van der Waals surface area contributed by atoms with E-state index in [4.69, 9.17) is 5.73 Å². The van der Waals surface area contributed by atoms with Crippen LogP contribution in [0.3, 0.4) is 0 Å². The first-order chi connectivity index (χ1) is 6.50. The first-order valence-corrected chi connectivity index (χ1v) is 4.27. The molecule has 0 bridgehead atoms. The Labute approximate surface area is 82.4 Å². The van der Waals surface area contributed by atoms with E-state index in [0.717, 1.165) is 22.7 Å². The van der Waals surface area contributed by atoms with Crippen LogP contribution in [0.5, 0.6) is 0 Å². The predicted molar refractivity (Wildman–Crippen MR) is 55.2 cm³/mol. The topological polar surface area (TPSA) is 83.3 Å². The molecule has 0 aliphatic heterocycles. The summed E-state index contributed by atoms with van der Waals surface area (Å²) in [4.78, 5) is 13.6. The molecule has 0 unspecified atom stereocenters. The van der Waals surface area contributed by atoms with Crippen LogP contribution >= 0.6 is 0 Å². The predicted octanol–water partition coefficient (Wildman–Crippen LogP) is 1.02. The summed E-state index contributed by atoms with van der Waals surface area (Å²) in [5.74, 6) is 0. The number of hydrogen-bond donors (Lipinski definition) is 3.